The van der Waals surface area contributed by atoms with Gasteiger partial charge in [-0.2, -0.15) is 4.89 Å². The second-order valence-corrected chi connectivity index (χ2v) is 1.34. The van der Waals surface area contributed by atoms with Crippen LogP contribution in [0.2, 0.25) is 0 Å². The van der Waals surface area contributed by atoms with Gasteiger partial charge in [0.2, 0.25) is 0 Å². The standard InChI is InChI=1S/CH5IN2O5/c1-7-9-4(6)3(5)8-2/h3-4H,1H3. The lowest BCUT2D eigenvalue weighted by Gasteiger charge is -2.22. The van der Waals surface area contributed by atoms with Crippen molar-refractivity contribution >= 4 is 23.0 Å². The minimum absolute atomic E-state index is 1.10. The minimum Gasteiger partial charge on any atom is -0.546 e. The molecule has 56 valence electrons. The van der Waals surface area contributed by atoms with E-state index in [2.05, 4.69) is 13.0 Å². The van der Waals surface area contributed by atoms with Crippen LogP contribution >= 0.6 is 23.0 Å². The molecule has 0 radical (unpaired) electrons. The van der Waals surface area contributed by atoms with E-state index >= 15 is 0 Å². The van der Waals surface area contributed by atoms with Crippen molar-refractivity contribution in [2.45, 2.75) is 0 Å². The SMILES string of the molecule is COO[NH+]([O-])[NH+]([O-])OI. The largest absolute Gasteiger partial charge is 0.546 e. The van der Waals surface area contributed by atoms with Crippen molar-refractivity contribution in [1.82, 2.24) is 0 Å². The third-order valence-electron chi connectivity index (χ3n) is 0.396. The molecule has 0 amide bonds. The summed E-state index contributed by atoms with van der Waals surface area (Å²) >= 11 is 1.26. The highest BCUT2D eigenvalue weighted by Crippen LogP contribution is 1.65. The maximum atomic E-state index is 10.1. The molecular formula is CH5IN2O5. The molecule has 0 bridgehead atoms. The minimum atomic E-state index is -1.17. The predicted molar refractivity (Wildman–Crippen MR) is 31.9 cm³/mol. The number of hydrogen-bond acceptors (Lipinski definition) is 5. The average molecular weight is 252 g/mol. The molecule has 2 unspecified atom stereocenters. The summed E-state index contributed by atoms with van der Waals surface area (Å²) in [7, 11) is 1.11. The van der Waals surface area contributed by atoms with E-state index in [1.54, 1.807) is 0 Å². The summed E-state index contributed by atoms with van der Waals surface area (Å²) in [5.74, 6) is 0. The van der Waals surface area contributed by atoms with E-state index in [-0.39, 0.29) is 0 Å². The normalized spacial score (nSPS) is 17.3. The molecule has 0 saturated heterocycles. The maximum absolute atomic E-state index is 10.1. The molecule has 7 nitrogen and oxygen atoms in total. The molecule has 0 rings (SSSR count). The molecular weight excluding hydrogens is 247 g/mol. The van der Waals surface area contributed by atoms with Crippen LogP contribution in [0.1, 0.15) is 0 Å². The smallest absolute Gasteiger partial charge is 0.197 e. The fourth-order valence-corrected chi connectivity index (χ4v) is 0.321. The molecule has 0 aromatic heterocycles. The Balaban J connectivity index is 3.32. The topological polar surface area (TPSA) is 82.7 Å². The average Bonchev–Trinajstić information content (AvgIpc) is 1.87. The Labute approximate surface area is 64.7 Å². The van der Waals surface area contributed by atoms with E-state index in [1.807, 2.05) is 0 Å². The first-order valence-corrected chi connectivity index (χ1v) is 2.68. The van der Waals surface area contributed by atoms with Gasteiger partial charge in [0.15, 0.2) is 23.0 Å². The Kier molecular flexibility index (Phi) is 5.51. The Morgan fingerprint density at radius 2 is 1.89 bits per heavy atom. The molecule has 2 N–H and O–H groups in total. The van der Waals surface area contributed by atoms with Crippen molar-refractivity contribution in [1.29, 1.82) is 0 Å². The van der Waals surface area contributed by atoms with E-state index in [0.717, 1.165) is 7.11 Å². The number of rotatable bonds is 4. The zero-order chi connectivity index (χ0) is 7.28. The van der Waals surface area contributed by atoms with Gasteiger partial charge >= 0.3 is 0 Å². The maximum Gasteiger partial charge on any atom is 0.197 e. The number of halogens is 1. The summed E-state index contributed by atoms with van der Waals surface area (Å²) < 4.78 is 3.94. The van der Waals surface area contributed by atoms with Crippen molar-refractivity contribution in [3.05, 3.63) is 10.4 Å². The van der Waals surface area contributed by atoms with Crippen LogP contribution in [0, 0.1) is 10.4 Å². The molecule has 0 aliphatic rings. The van der Waals surface area contributed by atoms with Crippen LogP contribution in [0.3, 0.4) is 0 Å². The quantitative estimate of drug-likeness (QED) is 0.327. The molecule has 0 aliphatic carbocycles. The van der Waals surface area contributed by atoms with Crippen LogP contribution in [0.5, 0.6) is 0 Å². The van der Waals surface area contributed by atoms with Crippen molar-refractivity contribution in [3.8, 4) is 0 Å². The highest BCUT2D eigenvalue weighted by atomic mass is 127. The monoisotopic (exact) mass is 252 g/mol. The van der Waals surface area contributed by atoms with Gasteiger partial charge in [-0.05, 0) is 10.7 Å². The molecule has 0 heterocycles. The van der Waals surface area contributed by atoms with Gasteiger partial charge in [-0.15, -0.1) is 0 Å². The van der Waals surface area contributed by atoms with Crippen molar-refractivity contribution in [2.75, 3.05) is 7.11 Å². The molecule has 0 aliphatic heterocycles. The molecule has 0 spiro atoms. The molecule has 9 heavy (non-hydrogen) atoms. The van der Waals surface area contributed by atoms with E-state index in [9.17, 15) is 10.4 Å². The summed E-state index contributed by atoms with van der Waals surface area (Å²) in [5.41, 5.74) is 0. The van der Waals surface area contributed by atoms with Crippen LogP contribution in [0.4, 0.5) is 0 Å². The van der Waals surface area contributed by atoms with Crippen molar-refractivity contribution in [3.63, 3.8) is 0 Å². The second kappa shape index (κ2) is 5.25. The van der Waals surface area contributed by atoms with Gasteiger partial charge in [0, 0.05) is 4.99 Å². The summed E-state index contributed by atoms with van der Waals surface area (Å²) in [6.45, 7) is 0. The van der Waals surface area contributed by atoms with Crippen molar-refractivity contribution in [2.24, 2.45) is 0 Å². The number of nitrogens with one attached hydrogen (secondary N) is 2. The van der Waals surface area contributed by atoms with Crippen LogP contribution < -0.4 is 10.7 Å². The Morgan fingerprint density at radius 1 is 1.33 bits per heavy atom. The van der Waals surface area contributed by atoms with Crippen LogP contribution in [0.15, 0.2) is 0 Å². The summed E-state index contributed by atoms with van der Waals surface area (Å²) in [6.07, 6.45) is 0. The first-order chi connectivity index (χ1) is 4.22. The second-order valence-electron chi connectivity index (χ2n) is 0.902. The summed E-state index contributed by atoms with van der Waals surface area (Å²) in [6, 6.07) is 0. The van der Waals surface area contributed by atoms with Crippen LogP contribution in [0.25, 0.3) is 0 Å². The molecule has 2 atom stereocenters. The lowest BCUT2D eigenvalue weighted by atomic mass is 11.8. The Bertz CT molecular complexity index is 72.0. The first kappa shape index (κ1) is 9.45. The zero-order valence-corrected chi connectivity index (χ0v) is 6.58. The zero-order valence-electron chi connectivity index (χ0n) is 4.42. The lowest BCUT2D eigenvalue weighted by Crippen LogP contribution is -3.54. The molecule has 0 fully saturated rings. The van der Waals surface area contributed by atoms with Gasteiger partial charge in [-0.25, -0.2) is 0 Å². The van der Waals surface area contributed by atoms with E-state index in [4.69, 9.17) is 0 Å². The van der Waals surface area contributed by atoms with Gasteiger partial charge in [-0.1, -0.05) is 3.17 Å². The van der Waals surface area contributed by atoms with Gasteiger partial charge in [0.1, 0.15) is 0 Å². The fourth-order valence-electron chi connectivity index (χ4n) is 0.141. The highest BCUT2D eigenvalue weighted by Gasteiger charge is 2.04. The lowest BCUT2D eigenvalue weighted by molar-refractivity contribution is -1.61. The molecule has 8 heteroatoms. The first-order valence-electron chi connectivity index (χ1n) is 1.80. The van der Waals surface area contributed by atoms with Gasteiger partial charge in [0.25, 0.3) is 0 Å². The van der Waals surface area contributed by atoms with Crippen molar-refractivity contribution < 1.29 is 23.7 Å². The van der Waals surface area contributed by atoms with Crippen LogP contribution in [-0.2, 0) is 13.0 Å². The van der Waals surface area contributed by atoms with Gasteiger partial charge in [-0.3, -0.25) is 0 Å². The third kappa shape index (κ3) is 3.94. The van der Waals surface area contributed by atoms with Crippen LogP contribution in [-0.4, -0.2) is 7.11 Å². The summed E-state index contributed by atoms with van der Waals surface area (Å²) in [4.78, 5) is 7.65. The molecule has 0 saturated carbocycles. The fraction of sp³-hybridized carbons (Fsp3) is 1.00. The Hall–Kier alpha value is 0.450. The van der Waals surface area contributed by atoms with Gasteiger partial charge in [0.05, 0.1) is 7.11 Å². The number of quaternary nitrogens is 2. The molecule has 0 aromatic carbocycles. The summed E-state index contributed by atoms with van der Waals surface area (Å²) in [5, 5.41) is 18.0. The third-order valence-corrected chi connectivity index (χ3v) is 0.796. The van der Waals surface area contributed by atoms with E-state index in [0.29, 0.717) is 0 Å². The Morgan fingerprint density at radius 3 is 2.22 bits per heavy atom. The molecule has 0 aromatic rings. The van der Waals surface area contributed by atoms with E-state index in [1.165, 1.54) is 23.0 Å². The van der Waals surface area contributed by atoms with Gasteiger partial charge < -0.3 is 10.4 Å². The predicted octanol–water partition coefficient (Wildman–Crippen LogP) is -2.56. The highest BCUT2D eigenvalue weighted by molar-refractivity contribution is 14.1. The van der Waals surface area contributed by atoms with E-state index < -0.39 is 10.7 Å². The number of hydrogen-bond donors (Lipinski definition) is 2.